The molecule has 0 unspecified atom stereocenters. The van der Waals surface area contributed by atoms with E-state index in [0.29, 0.717) is 22.9 Å². The van der Waals surface area contributed by atoms with Crippen LogP contribution in [0.2, 0.25) is 5.02 Å². The van der Waals surface area contributed by atoms with Crippen LogP contribution in [0.15, 0.2) is 42.5 Å². The number of nitriles is 1. The smallest absolute Gasteiger partial charge is 0.136 e. The molecule has 0 aliphatic carbocycles. The van der Waals surface area contributed by atoms with Gasteiger partial charge in [-0.2, -0.15) is 5.26 Å². The zero-order valence-corrected chi connectivity index (χ0v) is 11.1. The number of benzene rings is 2. The number of ether oxygens (including phenoxy) is 2. The molecule has 0 saturated carbocycles. The molecule has 0 N–H and O–H groups in total. The molecule has 19 heavy (non-hydrogen) atoms. The van der Waals surface area contributed by atoms with Crippen LogP contribution in [0.4, 0.5) is 0 Å². The van der Waals surface area contributed by atoms with Gasteiger partial charge in [0.15, 0.2) is 0 Å². The molecule has 2 aromatic rings. The minimum atomic E-state index is 0.389. The Labute approximate surface area is 117 Å². The highest BCUT2D eigenvalue weighted by Crippen LogP contribution is 2.21. The minimum Gasteiger partial charge on any atom is -0.495 e. The van der Waals surface area contributed by atoms with E-state index in [1.54, 1.807) is 43.5 Å². The Hall–Kier alpha value is -2.18. The van der Waals surface area contributed by atoms with Crippen molar-refractivity contribution in [1.29, 1.82) is 5.26 Å². The van der Waals surface area contributed by atoms with Crippen molar-refractivity contribution in [2.24, 2.45) is 0 Å². The molecule has 96 valence electrons. The number of nitrogens with zero attached hydrogens (tertiary/aromatic N) is 1. The standard InChI is InChI=1S/C15H12ClNO2/c1-18-15-7-2-11(8-12(15)9-17)10-19-14-5-3-13(16)4-6-14/h2-8H,10H2,1H3. The normalized spacial score (nSPS) is 9.74. The van der Waals surface area contributed by atoms with Crippen LogP contribution < -0.4 is 9.47 Å². The summed E-state index contributed by atoms with van der Waals surface area (Å²) in [6, 6.07) is 14.6. The molecular weight excluding hydrogens is 262 g/mol. The summed E-state index contributed by atoms with van der Waals surface area (Å²) < 4.78 is 10.7. The maximum atomic E-state index is 9.00. The molecule has 0 fully saturated rings. The van der Waals surface area contributed by atoms with E-state index < -0.39 is 0 Å². The first-order chi connectivity index (χ1) is 9.22. The Morgan fingerprint density at radius 1 is 1.16 bits per heavy atom. The SMILES string of the molecule is COc1ccc(COc2ccc(Cl)cc2)cc1C#N. The van der Waals surface area contributed by atoms with Crippen molar-refractivity contribution in [3.05, 3.63) is 58.6 Å². The second-order valence-electron chi connectivity index (χ2n) is 3.89. The van der Waals surface area contributed by atoms with E-state index in [-0.39, 0.29) is 0 Å². The van der Waals surface area contributed by atoms with Crippen LogP contribution >= 0.6 is 11.6 Å². The van der Waals surface area contributed by atoms with Crippen LogP contribution in [0.1, 0.15) is 11.1 Å². The van der Waals surface area contributed by atoms with Gasteiger partial charge in [-0.05, 0) is 42.0 Å². The lowest BCUT2D eigenvalue weighted by molar-refractivity contribution is 0.306. The zero-order chi connectivity index (χ0) is 13.7. The summed E-state index contributed by atoms with van der Waals surface area (Å²) in [7, 11) is 1.54. The molecule has 4 heteroatoms. The van der Waals surface area contributed by atoms with Gasteiger partial charge in [0.2, 0.25) is 0 Å². The molecule has 0 atom stereocenters. The van der Waals surface area contributed by atoms with Crippen LogP contribution in [0, 0.1) is 11.3 Å². The van der Waals surface area contributed by atoms with Gasteiger partial charge in [-0.1, -0.05) is 17.7 Å². The van der Waals surface area contributed by atoms with Crippen LogP contribution in [0.5, 0.6) is 11.5 Å². The molecule has 0 heterocycles. The van der Waals surface area contributed by atoms with Gasteiger partial charge in [-0.15, -0.1) is 0 Å². The molecule has 0 spiro atoms. The van der Waals surface area contributed by atoms with E-state index in [1.807, 2.05) is 6.07 Å². The number of halogens is 1. The largest absolute Gasteiger partial charge is 0.495 e. The topological polar surface area (TPSA) is 42.2 Å². The highest BCUT2D eigenvalue weighted by molar-refractivity contribution is 6.30. The zero-order valence-electron chi connectivity index (χ0n) is 10.4. The lowest BCUT2D eigenvalue weighted by atomic mass is 10.1. The maximum Gasteiger partial charge on any atom is 0.136 e. The van der Waals surface area contributed by atoms with E-state index in [2.05, 4.69) is 6.07 Å². The summed E-state index contributed by atoms with van der Waals surface area (Å²) in [5, 5.41) is 9.67. The molecule has 2 rings (SSSR count). The first kappa shape index (κ1) is 13.3. The van der Waals surface area contributed by atoms with Crippen LogP contribution in [0.25, 0.3) is 0 Å². The molecule has 2 aromatic carbocycles. The lowest BCUT2D eigenvalue weighted by Gasteiger charge is -2.08. The van der Waals surface area contributed by atoms with Crippen LogP contribution in [-0.4, -0.2) is 7.11 Å². The van der Waals surface area contributed by atoms with Gasteiger partial charge in [0.25, 0.3) is 0 Å². The average Bonchev–Trinajstić information content (AvgIpc) is 2.46. The van der Waals surface area contributed by atoms with Gasteiger partial charge in [0.1, 0.15) is 24.2 Å². The van der Waals surface area contributed by atoms with Crippen molar-refractivity contribution in [3.8, 4) is 17.6 Å². The van der Waals surface area contributed by atoms with Crippen molar-refractivity contribution in [1.82, 2.24) is 0 Å². The molecule has 0 aliphatic heterocycles. The Morgan fingerprint density at radius 3 is 2.53 bits per heavy atom. The molecule has 0 aliphatic rings. The molecule has 0 radical (unpaired) electrons. The molecular formula is C15H12ClNO2. The van der Waals surface area contributed by atoms with Crippen molar-refractivity contribution in [2.45, 2.75) is 6.61 Å². The monoisotopic (exact) mass is 273 g/mol. The Kier molecular flexibility index (Phi) is 4.27. The fraction of sp³-hybridized carbons (Fsp3) is 0.133. The van der Waals surface area contributed by atoms with Gasteiger partial charge >= 0.3 is 0 Å². The number of rotatable bonds is 4. The quantitative estimate of drug-likeness (QED) is 0.851. The lowest BCUT2D eigenvalue weighted by Crippen LogP contribution is -1.97. The first-order valence-electron chi connectivity index (χ1n) is 5.68. The predicted octanol–water partition coefficient (Wildman–Crippen LogP) is 3.80. The fourth-order valence-electron chi connectivity index (χ4n) is 1.63. The Morgan fingerprint density at radius 2 is 1.89 bits per heavy atom. The molecule has 0 saturated heterocycles. The number of hydrogen-bond donors (Lipinski definition) is 0. The summed E-state index contributed by atoms with van der Waals surface area (Å²) in [5.41, 5.74) is 1.41. The third-order valence-corrected chi connectivity index (χ3v) is 2.86. The van der Waals surface area contributed by atoms with E-state index in [1.165, 1.54) is 0 Å². The summed E-state index contributed by atoms with van der Waals surface area (Å²) in [5.74, 6) is 1.30. The van der Waals surface area contributed by atoms with Crippen molar-refractivity contribution >= 4 is 11.6 Å². The average molecular weight is 274 g/mol. The minimum absolute atomic E-state index is 0.389. The highest BCUT2D eigenvalue weighted by Gasteiger charge is 2.04. The van der Waals surface area contributed by atoms with Crippen LogP contribution in [0.3, 0.4) is 0 Å². The van der Waals surface area contributed by atoms with Crippen molar-refractivity contribution < 1.29 is 9.47 Å². The number of methoxy groups -OCH3 is 1. The van der Waals surface area contributed by atoms with Gasteiger partial charge in [-0.3, -0.25) is 0 Å². The van der Waals surface area contributed by atoms with Gasteiger partial charge in [0, 0.05) is 5.02 Å². The molecule has 0 aromatic heterocycles. The van der Waals surface area contributed by atoms with E-state index in [4.69, 9.17) is 26.3 Å². The second-order valence-corrected chi connectivity index (χ2v) is 4.33. The summed E-state index contributed by atoms with van der Waals surface area (Å²) in [6.45, 7) is 0.389. The van der Waals surface area contributed by atoms with Gasteiger partial charge in [0.05, 0.1) is 12.7 Å². The van der Waals surface area contributed by atoms with Crippen molar-refractivity contribution in [3.63, 3.8) is 0 Å². The fourth-order valence-corrected chi connectivity index (χ4v) is 1.76. The van der Waals surface area contributed by atoms with E-state index in [9.17, 15) is 0 Å². The summed E-state index contributed by atoms with van der Waals surface area (Å²) in [4.78, 5) is 0. The molecule has 3 nitrogen and oxygen atoms in total. The first-order valence-corrected chi connectivity index (χ1v) is 6.06. The van der Waals surface area contributed by atoms with Crippen molar-refractivity contribution in [2.75, 3.05) is 7.11 Å². The predicted molar refractivity (Wildman–Crippen MR) is 73.5 cm³/mol. The van der Waals surface area contributed by atoms with E-state index >= 15 is 0 Å². The Balaban J connectivity index is 2.08. The molecule has 0 amide bonds. The molecule has 0 bridgehead atoms. The van der Waals surface area contributed by atoms with Crippen LogP contribution in [-0.2, 0) is 6.61 Å². The third-order valence-electron chi connectivity index (χ3n) is 2.60. The summed E-state index contributed by atoms with van der Waals surface area (Å²) >= 11 is 5.80. The third kappa shape index (κ3) is 3.40. The Bertz CT molecular complexity index is 603. The highest BCUT2D eigenvalue weighted by atomic mass is 35.5. The van der Waals surface area contributed by atoms with Gasteiger partial charge in [-0.25, -0.2) is 0 Å². The van der Waals surface area contributed by atoms with E-state index in [0.717, 1.165) is 11.3 Å². The van der Waals surface area contributed by atoms with Gasteiger partial charge < -0.3 is 9.47 Å². The number of hydrogen-bond acceptors (Lipinski definition) is 3. The second kappa shape index (κ2) is 6.12. The maximum absolute atomic E-state index is 9.00. The summed E-state index contributed by atoms with van der Waals surface area (Å²) in [6.07, 6.45) is 0.